The second-order valence-corrected chi connectivity index (χ2v) is 4.10. The van der Waals surface area contributed by atoms with Gasteiger partial charge in [0.05, 0.1) is 13.2 Å². The second kappa shape index (κ2) is 5.19. The van der Waals surface area contributed by atoms with Crippen molar-refractivity contribution in [2.24, 2.45) is 0 Å². The molecular weight excluding hydrogens is 216 g/mol. The first-order valence-electron chi connectivity index (χ1n) is 5.95. The largest absolute Gasteiger partial charge is 0.497 e. The van der Waals surface area contributed by atoms with Gasteiger partial charge in [-0.25, -0.2) is 0 Å². The van der Waals surface area contributed by atoms with Gasteiger partial charge in [0.15, 0.2) is 0 Å². The van der Waals surface area contributed by atoms with Gasteiger partial charge < -0.3 is 15.0 Å². The molecule has 0 radical (unpaired) electrons. The van der Waals surface area contributed by atoms with Crippen molar-refractivity contribution in [3.8, 4) is 5.75 Å². The van der Waals surface area contributed by atoms with Crippen LogP contribution in [0.1, 0.15) is 13.3 Å². The van der Waals surface area contributed by atoms with Gasteiger partial charge in [0, 0.05) is 18.8 Å². The summed E-state index contributed by atoms with van der Waals surface area (Å²) < 4.78 is 5.11. The number of ether oxygens (including phenoxy) is 1. The molecule has 1 N–H and O–H groups in total. The number of piperazine rings is 1. The van der Waals surface area contributed by atoms with Crippen LogP contribution < -0.4 is 15.0 Å². The van der Waals surface area contributed by atoms with Crippen LogP contribution in [0.4, 0.5) is 5.69 Å². The Morgan fingerprint density at radius 3 is 2.71 bits per heavy atom. The van der Waals surface area contributed by atoms with Crippen LogP contribution in [-0.2, 0) is 4.79 Å². The van der Waals surface area contributed by atoms with Crippen LogP contribution in [0, 0.1) is 0 Å². The van der Waals surface area contributed by atoms with Gasteiger partial charge in [-0.3, -0.25) is 4.79 Å². The van der Waals surface area contributed by atoms with Crippen LogP contribution in [0.5, 0.6) is 5.75 Å². The predicted molar refractivity (Wildman–Crippen MR) is 67.4 cm³/mol. The molecule has 4 heteroatoms. The van der Waals surface area contributed by atoms with Crippen molar-refractivity contribution in [1.82, 2.24) is 5.32 Å². The van der Waals surface area contributed by atoms with Crippen LogP contribution in [0.15, 0.2) is 24.3 Å². The normalized spacial score (nSPS) is 20.5. The standard InChI is InChI=1S/C13H18N2O2/c1-3-12-13(16)15(9-8-14-12)10-4-6-11(17-2)7-5-10/h4-7,12,14H,3,8-9H2,1-2H3. The highest BCUT2D eigenvalue weighted by Crippen LogP contribution is 2.21. The maximum absolute atomic E-state index is 12.1. The molecule has 1 aromatic rings. The number of hydrogen-bond donors (Lipinski definition) is 1. The van der Waals surface area contributed by atoms with Crippen molar-refractivity contribution in [1.29, 1.82) is 0 Å². The van der Waals surface area contributed by atoms with Crippen LogP contribution >= 0.6 is 0 Å². The summed E-state index contributed by atoms with van der Waals surface area (Å²) in [6, 6.07) is 7.56. The predicted octanol–water partition coefficient (Wildman–Crippen LogP) is 1.41. The lowest BCUT2D eigenvalue weighted by atomic mass is 10.1. The molecule has 1 aromatic carbocycles. The lowest BCUT2D eigenvalue weighted by molar-refractivity contribution is -0.121. The number of rotatable bonds is 3. The van der Waals surface area contributed by atoms with Gasteiger partial charge in [0.25, 0.3) is 0 Å². The Morgan fingerprint density at radius 1 is 1.41 bits per heavy atom. The molecule has 4 nitrogen and oxygen atoms in total. The van der Waals surface area contributed by atoms with E-state index in [1.165, 1.54) is 0 Å². The molecule has 1 amide bonds. The third-order valence-corrected chi connectivity index (χ3v) is 3.08. The van der Waals surface area contributed by atoms with Crippen molar-refractivity contribution in [3.63, 3.8) is 0 Å². The summed E-state index contributed by atoms with van der Waals surface area (Å²) in [5, 5.41) is 3.22. The van der Waals surface area contributed by atoms with Gasteiger partial charge in [0.1, 0.15) is 5.75 Å². The third-order valence-electron chi connectivity index (χ3n) is 3.08. The first-order valence-corrected chi connectivity index (χ1v) is 5.95. The summed E-state index contributed by atoms with van der Waals surface area (Å²) in [6.45, 7) is 3.59. The number of nitrogens with zero attached hydrogens (tertiary/aromatic N) is 1. The Balaban J connectivity index is 2.17. The quantitative estimate of drug-likeness (QED) is 0.859. The minimum atomic E-state index is -0.0501. The Bertz CT molecular complexity index is 389. The molecule has 1 saturated heterocycles. The molecule has 1 unspecified atom stereocenters. The van der Waals surface area contributed by atoms with Gasteiger partial charge in [0.2, 0.25) is 5.91 Å². The number of nitrogens with one attached hydrogen (secondary N) is 1. The van der Waals surface area contributed by atoms with Crippen LogP contribution in [0.2, 0.25) is 0 Å². The first kappa shape index (κ1) is 11.9. The summed E-state index contributed by atoms with van der Waals surface area (Å²) in [6.07, 6.45) is 0.825. The van der Waals surface area contributed by atoms with Crippen LogP contribution in [-0.4, -0.2) is 32.1 Å². The molecule has 2 rings (SSSR count). The van der Waals surface area contributed by atoms with E-state index in [4.69, 9.17) is 4.74 Å². The lowest BCUT2D eigenvalue weighted by Gasteiger charge is -2.32. The van der Waals surface area contributed by atoms with Crippen molar-refractivity contribution in [3.05, 3.63) is 24.3 Å². The fourth-order valence-corrected chi connectivity index (χ4v) is 2.07. The van der Waals surface area contributed by atoms with E-state index in [0.717, 1.165) is 30.9 Å². The van der Waals surface area contributed by atoms with E-state index in [-0.39, 0.29) is 11.9 Å². The lowest BCUT2D eigenvalue weighted by Crippen LogP contribution is -2.54. The summed E-state index contributed by atoms with van der Waals surface area (Å²) in [4.78, 5) is 14.0. The number of carbonyl (C=O) groups excluding carboxylic acids is 1. The van der Waals surface area contributed by atoms with Crippen molar-refractivity contribution in [2.75, 3.05) is 25.1 Å². The Kier molecular flexibility index (Phi) is 3.64. The van der Waals surface area contributed by atoms with Crippen LogP contribution in [0.25, 0.3) is 0 Å². The smallest absolute Gasteiger partial charge is 0.244 e. The molecule has 1 atom stereocenters. The molecule has 92 valence electrons. The third kappa shape index (κ3) is 2.42. The number of amides is 1. The first-order chi connectivity index (χ1) is 8.26. The maximum Gasteiger partial charge on any atom is 0.244 e. The highest BCUT2D eigenvalue weighted by atomic mass is 16.5. The zero-order valence-electron chi connectivity index (χ0n) is 10.3. The Labute approximate surface area is 102 Å². The molecule has 0 bridgehead atoms. The average Bonchev–Trinajstić information content (AvgIpc) is 2.39. The molecule has 1 fully saturated rings. The molecule has 17 heavy (non-hydrogen) atoms. The second-order valence-electron chi connectivity index (χ2n) is 4.10. The molecule has 1 aliphatic rings. The van der Waals surface area contributed by atoms with E-state index in [2.05, 4.69) is 5.32 Å². The zero-order valence-corrected chi connectivity index (χ0v) is 10.3. The van der Waals surface area contributed by atoms with Gasteiger partial charge in [-0.2, -0.15) is 0 Å². The summed E-state index contributed by atoms with van der Waals surface area (Å²) in [5.74, 6) is 0.965. The molecule has 1 heterocycles. The average molecular weight is 234 g/mol. The number of anilines is 1. The minimum absolute atomic E-state index is 0.0501. The van der Waals surface area contributed by atoms with Crippen LogP contribution in [0.3, 0.4) is 0 Å². The summed E-state index contributed by atoms with van der Waals surface area (Å²) in [5.41, 5.74) is 0.941. The molecular formula is C13H18N2O2. The van der Waals surface area contributed by atoms with E-state index in [9.17, 15) is 4.79 Å². The fourth-order valence-electron chi connectivity index (χ4n) is 2.07. The van der Waals surface area contributed by atoms with E-state index < -0.39 is 0 Å². The SMILES string of the molecule is CCC1NCCN(c2ccc(OC)cc2)C1=O. The number of hydrogen-bond acceptors (Lipinski definition) is 3. The van der Waals surface area contributed by atoms with Gasteiger partial charge in [-0.05, 0) is 30.7 Å². The van der Waals surface area contributed by atoms with Gasteiger partial charge in [-0.15, -0.1) is 0 Å². The molecule has 1 aliphatic heterocycles. The minimum Gasteiger partial charge on any atom is -0.497 e. The zero-order chi connectivity index (χ0) is 12.3. The Morgan fingerprint density at radius 2 is 2.12 bits per heavy atom. The topological polar surface area (TPSA) is 41.6 Å². The highest BCUT2D eigenvalue weighted by molar-refractivity contribution is 5.97. The van der Waals surface area contributed by atoms with Crippen molar-refractivity contribution >= 4 is 11.6 Å². The van der Waals surface area contributed by atoms with Gasteiger partial charge in [-0.1, -0.05) is 6.92 Å². The van der Waals surface area contributed by atoms with Crippen molar-refractivity contribution in [2.45, 2.75) is 19.4 Å². The van der Waals surface area contributed by atoms with E-state index in [0.29, 0.717) is 0 Å². The Hall–Kier alpha value is -1.55. The van der Waals surface area contributed by atoms with E-state index >= 15 is 0 Å². The van der Waals surface area contributed by atoms with E-state index in [1.807, 2.05) is 36.1 Å². The number of benzene rings is 1. The van der Waals surface area contributed by atoms with Gasteiger partial charge >= 0.3 is 0 Å². The maximum atomic E-state index is 12.1. The fraction of sp³-hybridized carbons (Fsp3) is 0.462. The summed E-state index contributed by atoms with van der Waals surface area (Å²) >= 11 is 0. The van der Waals surface area contributed by atoms with Crippen molar-refractivity contribution < 1.29 is 9.53 Å². The molecule has 0 spiro atoms. The monoisotopic (exact) mass is 234 g/mol. The molecule has 0 aliphatic carbocycles. The number of methoxy groups -OCH3 is 1. The van der Waals surface area contributed by atoms with E-state index in [1.54, 1.807) is 7.11 Å². The molecule has 0 saturated carbocycles. The number of carbonyl (C=O) groups is 1. The highest BCUT2D eigenvalue weighted by Gasteiger charge is 2.27. The molecule has 0 aromatic heterocycles. The summed E-state index contributed by atoms with van der Waals surface area (Å²) in [7, 11) is 1.64.